The smallest absolute Gasteiger partial charge is 0.255 e. The zero-order chi connectivity index (χ0) is 30.9. The fourth-order valence-corrected chi connectivity index (χ4v) is 3.95. The number of aromatic hydroxyl groups is 1. The molecule has 2 amide bonds. The number of methoxy groups -OCH3 is 3. The SMILES string of the molecule is COCCOc1cc(OC)ccc1C(=O)NCCCOc1ccc(CCNC(=O)c2ccc(O)cc2OCCOC)cc1. The number of ether oxygens (including phenoxy) is 6. The third kappa shape index (κ3) is 11.0. The van der Waals surface area contributed by atoms with E-state index in [1.807, 2.05) is 24.3 Å². The fourth-order valence-electron chi connectivity index (χ4n) is 3.95. The summed E-state index contributed by atoms with van der Waals surface area (Å²) in [4.78, 5) is 25.4. The third-order valence-electron chi connectivity index (χ3n) is 6.23. The molecule has 0 aliphatic carbocycles. The highest BCUT2D eigenvalue weighted by Gasteiger charge is 2.15. The normalized spacial score (nSPS) is 10.6. The molecule has 0 aliphatic heterocycles. The highest BCUT2D eigenvalue weighted by molar-refractivity contribution is 5.97. The van der Waals surface area contributed by atoms with E-state index in [2.05, 4.69) is 10.6 Å². The molecule has 0 aromatic heterocycles. The predicted octanol–water partition coefficient (Wildman–Crippen LogP) is 3.62. The third-order valence-corrected chi connectivity index (χ3v) is 6.23. The molecule has 3 rings (SSSR count). The minimum atomic E-state index is -0.290. The van der Waals surface area contributed by atoms with Gasteiger partial charge in [-0.2, -0.15) is 0 Å². The van der Waals surface area contributed by atoms with Crippen molar-refractivity contribution in [3.8, 4) is 28.7 Å². The van der Waals surface area contributed by atoms with Gasteiger partial charge in [0.2, 0.25) is 0 Å². The Labute approximate surface area is 252 Å². The average molecular weight is 597 g/mol. The molecule has 232 valence electrons. The van der Waals surface area contributed by atoms with Crippen LogP contribution in [-0.2, 0) is 15.9 Å². The summed E-state index contributed by atoms with van der Waals surface area (Å²) in [6.07, 6.45) is 1.24. The minimum Gasteiger partial charge on any atom is -0.508 e. The highest BCUT2D eigenvalue weighted by atomic mass is 16.5. The maximum absolute atomic E-state index is 12.7. The number of phenols is 1. The number of carbonyl (C=O) groups excluding carboxylic acids is 2. The number of phenolic OH excluding ortho intramolecular Hbond substituents is 1. The van der Waals surface area contributed by atoms with Gasteiger partial charge in [0.25, 0.3) is 11.8 Å². The number of amides is 2. The van der Waals surface area contributed by atoms with Crippen LogP contribution in [0.2, 0.25) is 0 Å². The molecule has 0 bridgehead atoms. The van der Waals surface area contributed by atoms with Crippen molar-refractivity contribution in [3.05, 3.63) is 77.4 Å². The monoisotopic (exact) mass is 596 g/mol. The average Bonchev–Trinajstić information content (AvgIpc) is 3.01. The summed E-state index contributed by atoms with van der Waals surface area (Å²) in [7, 11) is 4.70. The van der Waals surface area contributed by atoms with E-state index in [1.54, 1.807) is 39.5 Å². The van der Waals surface area contributed by atoms with Gasteiger partial charge in [0.1, 0.15) is 42.0 Å². The summed E-state index contributed by atoms with van der Waals surface area (Å²) in [5.74, 6) is 1.52. The molecule has 0 unspecified atom stereocenters. The fraction of sp³-hybridized carbons (Fsp3) is 0.375. The van der Waals surface area contributed by atoms with Crippen LogP contribution in [0.5, 0.6) is 28.7 Å². The Kier molecular flexibility index (Phi) is 13.9. The minimum absolute atomic E-state index is 0.0164. The van der Waals surface area contributed by atoms with Crippen molar-refractivity contribution in [3.63, 3.8) is 0 Å². The van der Waals surface area contributed by atoms with Crippen LogP contribution in [0.1, 0.15) is 32.7 Å². The molecule has 0 saturated heterocycles. The van der Waals surface area contributed by atoms with Crippen LogP contribution >= 0.6 is 0 Å². The number of benzene rings is 3. The molecule has 3 aromatic carbocycles. The van der Waals surface area contributed by atoms with E-state index in [1.165, 1.54) is 18.2 Å². The molecule has 0 aliphatic rings. The van der Waals surface area contributed by atoms with E-state index in [0.717, 1.165) is 5.56 Å². The summed E-state index contributed by atoms with van der Waals surface area (Å²) < 4.78 is 32.3. The van der Waals surface area contributed by atoms with Gasteiger partial charge in [0.15, 0.2) is 0 Å². The second kappa shape index (κ2) is 18.1. The Hall–Kier alpha value is -4.48. The number of nitrogens with one attached hydrogen (secondary N) is 2. The molecule has 3 N–H and O–H groups in total. The van der Waals surface area contributed by atoms with Gasteiger partial charge in [-0.1, -0.05) is 12.1 Å². The standard InChI is InChI=1S/C32H40N2O9/c1-38-17-19-42-29-21-24(35)7-11-27(29)32(37)34-15-13-23-5-8-25(9-6-23)41-16-4-14-33-31(36)28-12-10-26(40-3)22-30(28)43-20-18-39-2/h5-12,21-22,35H,4,13-20H2,1-3H3,(H,33,36)(H,34,37). The molecular formula is C32H40N2O9. The lowest BCUT2D eigenvalue weighted by Crippen LogP contribution is -2.26. The van der Waals surface area contributed by atoms with Crippen molar-refractivity contribution in [2.24, 2.45) is 0 Å². The number of hydrogen-bond acceptors (Lipinski definition) is 9. The quantitative estimate of drug-likeness (QED) is 0.177. The predicted molar refractivity (Wildman–Crippen MR) is 161 cm³/mol. The largest absolute Gasteiger partial charge is 0.508 e. The van der Waals surface area contributed by atoms with E-state index < -0.39 is 0 Å². The summed E-state index contributed by atoms with van der Waals surface area (Å²) >= 11 is 0. The van der Waals surface area contributed by atoms with Gasteiger partial charge in [0, 0.05) is 39.4 Å². The molecular weight excluding hydrogens is 556 g/mol. The van der Waals surface area contributed by atoms with Gasteiger partial charge in [-0.05, 0) is 54.8 Å². The molecule has 0 heterocycles. The van der Waals surface area contributed by atoms with E-state index in [-0.39, 0.29) is 24.2 Å². The Morgan fingerprint density at radius 2 is 1.23 bits per heavy atom. The Bertz CT molecular complexity index is 1300. The first kappa shape index (κ1) is 33.0. The van der Waals surface area contributed by atoms with Gasteiger partial charge < -0.3 is 44.2 Å². The molecule has 0 spiro atoms. The summed E-state index contributed by atoms with van der Waals surface area (Å²) in [6, 6.07) is 17.1. The van der Waals surface area contributed by atoms with Crippen LogP contribution < -0.4 is 29.6 Å². The van der Waals surface area contributed by atoms with Crippen molar-refractivity contribution < 1.29 is 43.1 Å². The lowest BCUT2D eigenvalue weighted by Gasteiger charge is -2.13. The summed E-state index contributed by atoms with van der Waals surface area (Å²) in [6.45, 7) is 2.63. The van der Waals surface area contributed by atoms with Crippen LogP contribution in [0.25, 0.3) is 0 Å². The highest BCUT2D eigenvalue weighted by Crippen LogP contribution is 2.26. The Morgan fingerprint density at radius 3 is 1.86 bits per heavy atom. The van der Waals surface area contributed by atoms with Crippen molar-refractivity contribution in [2.45, 2.75) is 12.8 Å². The molecule has 3 aromatic rings. The first-order valence-electron chi connectivity index (χ1n) is 14.0. The van der Waals surface area contributed by atoms with E-state index >= 15 is 0 Å². The van der Waals surface area contributed by atoms with E-state index in [9.17, 15) is 14.7 Å². The van der Waals surface area contributed by atoms with Crippen LogP contribution in [0.3, 0.4) is 0 Å². The molecule has 0 radical (unpaired) electrons. The van der Waals surface area contributed by atoms with Crippen molar-refractivity contribution in [1.29, 1.82) is 0 Å². The van der Waals surface area contributed by atoms with Gasteiger partial charge in [0.05, 0.1) is 38.1 Å². The second-order valence-electron chi connectivity index (χ2n) is 9.33. The second-order valence-corrected chi connectivity index (χ2v) is 9.33. The van der Waals surface area contributed by atoms with Crippen molar-refractivity contribution in [1.82, 2.24) is 10.6 Å². The molecule has 11 heteroatoms. The zero-order valence-corrected chi connectivity index (χ0v) is 24.9. The van der Waals surface area contributed by atoms with Gasteiger partial charge in [-0.25, -0.2) is 0 Å². The van der Waals surface area contributed by atoms with Crippen LogP contribution in [0.4, 0.5) is 0 Å². The van der Waals surface area contributed by atoms with Gasteiger partial charge >= 0.3 is 0 Å². The van der Waals surface area contributed by atoms with Crippen molar-refractivity contribution in [2.75, 3.05) is 67.5 Å². The zero-order valence-electron chi connectivity index (χ0n) is 24.9. The maximum Gasteiger partial charge on any atom is 0.255 e. The summed E-state index contributed by atoms with van der Waals surface area (Å²) in [5.41, 5.74) is 1.79. The topological polar surface area (TPSA) is 134 Å². The summed E-state index contributed by atoms with van der Waals surface area (Å²) in [5, 5.41) is 15.5. The van der Waals surface area contributed by atoms with Gasteiger partial charge in [-0.15, -0.1) is 0 Å². The molecule has 0 atom stereocenters. The van der Waals surface area contributed by atoms with Crippen LogP contribution in [0.15, 0.2) is 60.7 Å². The maximum atomic E-state index is 12.7. The number of carbonyl (C=O) groups is 2. The molecule has 43 heavy (non-hydrogen) atoms. The first-order valence-corrected chi connectivity index (χ1v) is 14.0. The number of hydrogen-bond donors (Lipinski definition) is 3. The Morgan fingerprint density at radius 1 is 0.651 bits per heavy atom. The van der Waals surface area contributed by atoms with Crippen molar-refractivity contribution >= 4 is 11.8 Å². The van der Waals surface area contributed by atoms with E-state index in [0.29, 0.717) is 86.5 Å². The van der Waals surface area contributed by atoms with Crippen LogP contribution in [-0.4, -0.2) is 84.4 Å². The lowest BCUT2D eigenvalue weighted by molar-refractivity contribution is 0.0936. The van der Waals surface area contributed by atoms with Gasteiger partial charge in [-0.3, -0.25) is 9.59 Å². The molecule has 0 saturated carbocycles. The molecule has 11 nitrogen and oxygen atoms in total. The lowest BCUT2D eigenvalue weighted by atomic mass is 10.1. The number of rotatable bonds is 19. The Balaban J connectivity index is 1.38. The first-order chi connectivity index (χ1) is 20.9. The molecule has 0 fully saturated rings. The van der Waals surface area contributed by atoms with E-state index in [4.69, 9.17) is 28.4 Å². The van der Waals surface area contributed by atoms with Crippen LogP contribution in [0, 0.1) is 0 Å².